The molecule has 0 spiro atoms. The van der Waals surface area contributed by atoms with Gasteiger partial charge in [-0.15, -0.1) is 0 Å². The van der Waals surface area contributed by atoms with Crippen molar-refractivity contribution in [2.45, 2.75) is 6.04 Å². The molecule has 0 aromatic heterocycles. The number of rotatable bonds is 4. The first-order valence-electron chi connectivity index (χ1n) is 4.96. The van der Waals surface area contributed by atoms with Crippen molar-refractivity contribution in [3.8, 4) is 0 Å². The summed E-state index contributed by atoms with van der Waals surface area (Å²) < 4.78 is 5.23. The smallest absolute Gasteiger partial charge is 0.241 e. The fraction of sp³-hybridized carbons (Fsp3) is 0.889. The number of ether oxygens (including phenoxy) is 1. The number of likely N-dealkylation sites (N-methyl/N-ethyl adjacent to an activating group) is 2. The molecule has 1 unspecified atom stereocenters. The molecule has 0 aromatic carbocycles. The van der Waals surface area contributed by atoms with Crippen LogP contribution in [0.1, 0.15) is 0 Å². The molecule has 0 bridgehead atoms. The van der Waals surface area contributed by atoms with E-state index in [1.54, 1.807) is 4.90 Å². The van der Waals surface area contributed by atoms with Crippen LogP contribution in [-0.2, 0) is 9.53 Å². The maximum absolute atomic E-state index is 11.8. The quantitative estimate of drug-likeness (QED) is 0.591. The van der Waals surface area contributed by atoms with Crippen molar-refractivity contribution in [2.75, 3.05) is 46.9 Å². The molecule has 1 rings (SSSR count). The van der Waals surface area contributed by atoms with Crippen LogP contribution >= 0.6 is 0 Å². The highest BCUT2D eigenvalue weighted by molar-refractivity contribution is 5.81. The Hall–Kier alpha value is -0.650. The molecule has 1 aliphatic heterocycles. The van der Waals surface area contributed by atoms with Crippen LogP contribution < -0.4 is 10.6 Å². The maximum atomic E-state index is 11.8. The fourth-order valence-corrected chi connectivity index (χ4v) is 1.38. The van der Waals surface area contributed by atoms with Gasteiger partial charge in [0.25, 0.3) is 0 Å². The van der Waals surface area contributed by atoms with Crippen LogP contribution in [0.4, 0.5) is 0 Å². The van der Waals surface area contributed by atoms with Crippen LogP contribution in [0.2, 0.25) is 0 Å². The zero-order chi connectivity index (χ0) is 10.4. The Morgan fingerprint density at radius 1 is 1.71 bits per heavy atom. The second-order valence-corrected chi connectivity index (χ2v) is 3.44. The van der Waals surface area contributed by atoms with Crippen LogP contribution in [0.15, 0.2) is 0 Å². The summed E-state index contributed by atoms with van der Waals surface area (Å²) in [5, 5.41) is 6.15. The largest absolute Gasteiger partial charge is 0.378 e. The number of nitrogens with one attached hydrogen (secondary N) is 2. The van der Waals surface area contributed by atoms with Crippen molar-refractivity contribution in [1.82, 2.24) is 15.5 Å². The molecule has 1 saturated heterocycles. The van der Waals surface area contributed by atoms with Crippen molar-refractivity contribution in [2.24, 2.45) is 0 Å². The number of carbonyl (C=O) groups is 1. The number of amides is 1. The van der Waals surface area contributed by atoms with E-state index in [0.717, 1.165) is 19.6 Å². The first-order valence-corrected chi connectivity index (χ1v) is 4.96. The van der Waals surface area contributed by atoms with E-state index in [1.807, 2.05) is 14.1 Å². The minimum absolute atomic E-state index is 0.111. The lowest BCUT2D eigenvalue weighted by Crippen LogP contribution is -2.52. The summed E-state index contributed by atoms with van der Waals surface area (Å²) in [6.45, 7) is 3.49. The highest BCUT2D eigenvalue weighted by atomic mass is 16.5. The lowest BCUT2D eigenvalue weighted by Gasteiger charge is -2.27. The third-order valence-corrected chi connectivity index (χ3v) is 2.29. The molecule has 5 heteroatoms. The zero-order valence-corrected chi connectivity index (χ0v) is 8.88. The summed E-state index contributed by atoms with van der Waals surface area (Å²) >= 11 is 0. The number of morpholine rings is 1. The van der Waals surface area contributed by atoms with Gasteiger partial charge in [-0.3, -0.25) is 4.79 Å². The molecule has 0 radical (unpaired) electrons. The van der Waals surface area contributed by atoms with Crippen LogP contribution in [0, 0.1) is 0 Å². The average molecular weight is 201 g/mol. The van der Waals surface area contributed by atoms with Gasteiger partial charge in [-0.25, -0.2) is 0 Å². The van der Waals surface area contributed by atoms with Gasteiger partial charge in [-0.05, 0) is 7.05 Å². The third kappa shape index (κ3) is 3.25. The van der Waals surface area contributed by atoms with Gasteiger partial charge in [0.1, 0.15) is 6.04 Å². The molecule has 1 fully saturated rings. The molecule has 0 saturated carbocycles. The predicted molar refractivity (Wildman–Crippen MR) is 54.2 cm³/mol. The Labute approximate surface area is 84.8 Å². The van der Waals surface area contributed by atoms with Gasteiger partial charge in [-0.1, -0.05) is 0 Å². The summed E-state index contributed by atoms with van der Waals surface area (Å²) in [4.78, 5) is 13.5. The molecule has 0 aliphatic carbocycles. The predicted octanol–water partition coefficient (Wildman–Crippen LogP) is -1.35. The average Bonchev–Trinajstić information content (AvgIpc) is 2.26. The van der Waals surface area contributed by atoms with Crippen molar-refractivity contribution in [1.29, 1.82) is 0 Å². The van der Waals surface area contributed by atoms with E-state index >= 15 is 0 Å². The zero-order valence-electron chi connectivity index (χ0n) is 8.88. The number of carbonyl (C=O) groups excluding carboxylic acids is 1. The number of nitrogens with zero attached hydrogens (tertiary/aromatic N) is 1. The lowest BCUT2D eigenvalue weighted by atomic mass is 10.2. The van der Waals surface area contributed by atoms with E-state index in [2.05, 4.69) is 10.6 Å². The molecule has 1 atom stereocenters. The monoisotopic (exact) mass is 201 g/mol. The second kappa shape index (κ2) is 5.95. The van der Waals surface area contributed by atoms with E-state index in [0.29, 0.717) is 13.2 Å². The van der Waals surface area contributed by atoms with Crippen molar-refractivity contribution in [3.05, 3.63) is 0 Å². The number of hydrogen-bond donors (Lipinski definition) is 2. The lowest BCUT2D eigenvalue weighted by molar-refractivity contribution is -0.134. The molecule has 1 amide bonds. The van der Waals surface area contributed by atoms with Gasteiger partial charge in [0.05, 0.1) is 13.2 Å². The third-order valence-electron chi connectivity index (χ3n) is 2.29. The van der Waals surface area contributed by atoms with Gasteiger partial charge in [0.15, 0.2) is 0 Å². The highest BCUT2D eigenvalue weighted by Gasteiger charge is 2.23. The summed E-state index contributed by atoms with van der Waals surface area (Å²) in [6, 6.07) is -0.161. The Morgan fingerprint density at radius 2 is 2.50 bits per heavy atom. The van der Waals surface area contributed by atoms with E-state index in [4.69, 9.17) is 4.74 Å². The van der Waals surface area contributed by atoms with Crippen LogP contribution in [-0.4, -0.2) is 63.8 Å². The molecule has 5 nitrogen and oxygen atoms in total. The van der Waals surface area contributed by atoms with E-state index in [1.165, 1.54) is 0 Å². The summed E-state index contributed by atoms with van der Waals surface area (Å²) in [5.41, 5.74) is 0. The first kappa shape index (κ1) is 11.4. The van der Waals surface area contributed by atoms with Gasteiger partial charge in [-0.2, -0.15) is 0 Å². The van der Waals surface area contributed by atoms with E-state index in [9.17, 15) is 4.79 Å². The minimum atomic E-state index is -0.161. The Morgan fingerprint density at radius 3 is 3.07 bits per heavy atom. The highest BCUT2D eigenvalue weighted by Crippen LogP contribution is 1.97. The molecular weight excluding hydrogens is 182 g/mol. The van der Waals surface area contributed by atoms with E-state index in [-0.39, 0.29) is 11.9 Å². The second-order valence-electron chi connectivity index (χ2n) is 3.44. The van der Waals surface area contributed by atoms with Crippen molar-refractivity contribution < 1.29 is 9.53 Å². The summed E-state index contributed by atoms with van der Waals surface area (Å²) in [7, 11) is 3.69. The topological polar surface area (TPSA) is 53.6 Å². The Bertz CT molecular complexity index is 181. The maximum Gasteiger partial charge on any atom is 0.241 e. The molecule has 1 aliphatic rings. The van der Waals surface area contributed by atoms with Crippen molar-refractivity contribution >= 4 is 5.91 Å². The molecule has 0 aromatic rings. The van der Waals surface area contributed by atoms with Gasteiger partial charge in [0, 0.05) is 26.7 Å². The van der Waals surface area contributed by atoms with Crippen LogP contribution in [0.5, 0.6) is 0 Å². The van der Waals surface area contributed by atoms with Crippen molar-refractivity contribution in [3.63, 3.8) is 0 Å². The number of hydrogen-bond acceptors (Lipinski definition) is 4. The molecular formula is C9H19N3O2. The molecule has 1 heterocycles. The van der Waals surface area contributed by atoms with Gasteiger partial charge >= 0.3 is 0 Å². The SMILES string of the molecule is CNCCN(C)C(=O)C1COCCN1. The standard InChI is InChI=1S/C9H19N3O2/c1-10-3-5-12(2)9(13)8-7-14-6-4-11-8/h8,10-11H,3-7H2,1-2H3. The summed E-state index contributed by atoms with van der Waals surface area (Å²) in [6.07, 6.45) is 0. The molecule has 14 heavy (non-hydrogen) atoms. The Balaban J connectivity index is 2.30. The van der Waals surface area contributed by atoms with Crippen LogP contribution in [0.3, 0.4) is 0 Å². The van der Waals surface area contributed by atoms with Gasteiger partial charge < -0.3 is 20.3 Å². The Kier molecular flexibility index (Phi) is 4.86. The fourth-order valence-electron chi connectivity index (χ4n) is 1.38. The van der Waals surface area contributed by atoms with E-state index < -0.39 is 0 Å². The molecule has 82 valence electrons. The first-order chi connectivity index (χ1) is 6.75. The molecule has 2 N–H and O–H groups in total. The van der Waals surface area contributed by atoms with Gasteiger partial charge in [0.2, 0.25) is 5.91 Å². The normalized spacial score (nSPS) is 22.0. The summed E-state index contributed by atoms with van der Waals surface area (Å²) in [5.74, 6) is 0.111. The minimum Gasteiger partial charge on any atom is -0.378 e. The van der Waals surface area contributed by atoms with Crippen LogP contribution in [0.25, 0.3) is 0 Å².